The number of carboxylic acids is 1. The highest BCUT2D eigenvalue weighted by Gasteiger charge is 2.55. The second-order valence-corrected chi connectivity index (χ2v) is 6.23. The Morgan fingerprint density at radius 3 is 2.87 bits per heavy atom. The number of rotatable bonds is 3. The van der Waals surface area contributed by atoms with Crippen LogP contribution >= 0.6 is 0 Å². The van der Waals surface area contributed by atoms with Crippen LogP contribution in [-0.2, 0) is 4.79 Å². The van der Waals surface area contributed by atoms with Crippen molar-refractivity contribution in [3.05, 3.63) is 27.8 Å². The van der Waals surface area contributed by atoms with Gasteiger partial charge in [0.25, 0.3) is 0 Å². The number of benzene rings is 1. The van der Waals surface area contributed by atoms with E-state index < -0.39 is 22.0 Å². The molecular weight excluding hydrogens is 300 g/mol. The Hall–Kier alpha value is -2.82. The van der Waals surface area contributed by atoms with Crippen LogP contribution < -0.4 is 10.6 Å². The molecule has 1 aromatic carbocycles. The average Bonchev–Trinajstić information content (AvgIpc) is 3.03. The normalized spacial score (nSPS) is 25.9. The number of nitro benzene ring substituents is 1. The number of hydrogen-bond acceptors (Lipinski definition) is 6. The van der Waals surface area contributed by atoms with E-state index in [0.29, 0.717) is 25.2 Å². The van der Waals surface area contributed by atoms with Gasteiger partial charge in [0, 0.05) is 18.8 Å². The molecule has 0 spiro atoms. The lowest BCUT2D eigenvalue weighted by Gasteiger charge is -2.24. The van der Waals surface area contributed by atoms with Gasteiger partial charge >= 0.3 is 11.7 Å². The topological polar surface area (TPSA) is 133 Å². The number of anilines is 2. The van der Waals surface area contributed by atoms with Gasteiger partial charge in [0.1, 0.15) is 17.3 Å². The number of hydrogen-bond donors (Lipinski definition) is 2. The Balaban J connectivity index is 1.99. The van der Waals surface area contributed by atoms with Crippen molar-refractivity contribution >= 4 is 23.0 Å². The monoisotopic (exact) mass is 316 g/mol. The summed E-state index contributed by atoms with van der Waals surface area (Å²) in [5, 5.41) is 29.8. The van der Waals surface area contributed by atoms with E-state index in [1.807, 2.05) is 4.90 Å². The number of aliphatic carboxylic acids is 1. The van der Waals surface area contributed by atoms with Crippen LogP contribution in [0.5, 0.6) is 0 Å². The Labute approximate surface area is 132 Å². The number of fused-ring (bicyclic) bond motifs is 1. The summed E-state index contributed by atoms with van der Waals surface area (Å²) < 4.78 is 0. The number of carboxylic acid groups (broad SMARTS) is 1. The minimum absolute atomic E-state index is 0.0574. The molecule has 0 radical (unpaired) electrons. The van der Waals surface area contributed by atoms with E-state index in [1.54, 1.807) is 6.07 Å². The lowest BCUT2D eigenvalue weighted by Crippen LogP contribution is -2.35. The van der Waals surface area contributed by atoms with E-state index in [0.717, 1.165) is 12.8 Å². The van der Waals surface area contributed by atoms with Crippen LogP contribution in [0.15, 0.2) is 12.1 Å². The molecule has 1 heterocycles. The molecule has 120 valence electrons. The van der Waals surface area contributed by atoms with Crippen LogP contribution in [0.3, 0.4) is 0 Å². The van der Waals surface area contributed by atoms with Crippen molar-refractivity contribution in [2.45, 2.75) is 19.3 Å². The fourth-order valence-corrected chi connectivity index (χ4v) is 3.95. The third kappa shape index (κ3) is 2.16. The fourth-order valence-electron chi connectivity index (χ4n) is 3.95. The Bertz CT molecular complexity index is 742. The zero-order valence-electron chi connectivity index (χ0n) is 12.4. The number of carbonyl (C=O) groups is 1. The standard InChI is InChI=1S/C15H16N4O4/c16-6-9-4-11(5-12(17)13(9)19(22)23)18-7-10-2-1-3-15(10,8-18)14(20)21/h4-5,10H,1-3,7-8,17H2,(H,20,21)/t10-,15+/m0/s1. The highest BCUT2D eigenvalue weighted by molar-refractivity contribution is 5.79. The highest BCUT2D eigenvalue weighted by atomic mass is 16.6. The molecule has 2 aliphatic rings. The first-order chi connectivity index (χ1) is 10.9. The van der Waals surface area contributed by atoms with E-state index in [4.69, 9.17) is 11.0 Å². The molecule has 0 amide bonds. The summed E-state index contributed by atoms with van der Waals surface area (Å²) in [7, 11) is 0. The lowest BCUT2D eigenvalue weighted by atomic mass is 9.81. The van der Waals surface area contributed by atoms with Gasteiger partial charge in [-0.05, 0) is 30.9 Å². The van der Waals surface area contributed by atoms with Gasteiger partial charge in [-0.1, -0.05) is 6.42 Å². The first-order valence-electron chi connectivity index (χ1n) is 7.35. The summed E-state index contributed by atoms with van der Waals surface area (Å²) in [6, 6.07) is 4.68. The molecule has 2 fully saturated rings. The Morgan fingerprint density at radius 1 is 1.57 bits per heavy atom. The Morgan fingerprint density at radius 2 is 2.30 bits per heavy atom. The average molecular weight is 316 g/mol. The molecule has 23 heavy (non-hydrogen) atoms. The predicted molar refractivity (Wildman–Crippen MR) is 81.8 cm³/mol. The van der Waals surface area contributed by atoms with Crippen molar-refractivity contribution in [1.29, 1.82) is 5.26 Å². The van der Waals surface area contributed by atoms with Crippen LogP contribution in [0.25, 0.3) is 0 Å². The Kier molecular flexibility index (Phi) is 3.36. The van der Waals surface area contributed by atoms with Crippen LogP contribution in [0.1, 0.15) is 24.8 Å². The van der Waals surface area contributed by atoms with E-state index in [-0.39, 0.29) is 17.2 Å². The molecular formula is C15H16N4O4. The van der Waals surface area contributed by atoms with Crippen molar-refractivity contribution in [2.24, 2.45) is 11.3 Å². The van der Waals surface area contributed by atoms with Crippen LogP contribution in [0.2, 0.25) is 0 Å². The quantitative estimate of drug-likeness (QED) is 0.492. The lowest BCUT2D eigenvalue weighted by molar-refractivity contribution is -0.384. The van der Waals surface area contributed by atoms with Crippen molar-refractivity contribution in [3.63, 3.8) is 0 Å². The third-order valence-electron chi connectivity index (χ3n) is 5.09. The molecule has 3 N–H and O–H groups in total. The van der Waals surface area contributed by atoms with E-state index in [9.17, 15) is 20.0 Å². The summed E-state index contributed by atoms with van der Waals surface area (Å²) in [4.78, 5) is 23.9. The number of nitrogen functional groups attached to an aromatic ring is 1. The maximum absolute atomic E-state index is 11.7. The van der Waals surface area contributed by atoms with Gasteiger partial charge in [-0.2, -0.15) is 5.26 Å². The van der Waals surface area contributed by atoms with Crippen LogP contribution in [-0.4, -0.2) is 29.1 Å². The molecule has 8 heteroatoms. The predicted octanol–water partition coefficient (Wildman–Crippen LogP) is 1.74. The van der Waals surface area contributed by atoms with Gasteiger partial charge < -0.3 is 15.7 Å². The van der Waals surface area contributed by atoms with Gasteiger partial charge in [0.2, 0.25) is 0 Å². The van der Waals surface area contributed by atoms with Crippen molar-refractivity contribution in [1.82, 2.24) is 0 Å². The van der Waals surface area contributed by atoms with Crippen molar-refractivity contribution < 1.29 is 14.8 Å². The number of nitrogens with zero attached hydrogens (tertiary/aromatic N) is 3. The van der Waals surface area contributed by atoms with Gasteiger partial charge in [-0.3, -0.25) is 14.9 Å². The highest BCUT2D eigenvalue weighted by Crippen LogP contribution is 2.50. The number of nitro groups is 1. The van der Waals surface area contributed by atoms with E-state index in [2.05, 4.69) is 0 Å². The second kappa shape index (κ2) is 5.12. The SMILES string of the molecule is N#Cc1cc(N2C[C@@H]3CCC[C@@]3(C(=O)O)C2)cc(N)c1[N+](=O)[O-]. The molecule has 1 saturated heterocycles. The van der Waals surface area contributed by atoms with Gasteiger partial charge in [0.15, 0.2) is 0 Å². The molecule has 8 nitrogen and oxygen atoms in total. The molecule has 1 aliphatic heterocycles. The zero-order chi connectivity index (χ0) is 16.8. The second-order valence-electron chi connectivity index (χ2n) is 6.23. The van der Waals surface area contributed by atoms with Crippen molar-refractivity contribution in [3.8, 4) is 6.07 Å². The molecule has 0 unspecified atom stereocenters. The number of nitrogens with two attached hydrogens (primary N) is 1. The third-order valence-corrected chi connectivity index (χ3v) is 5.09. The molecule has 2 atom stereocenters. The maximum Gasteiger partial charge on any atom is 0.311 e. The first kappa shape index (κ1) is 15.1. The molecule has 0 aromatic heterocycles. The summed E-state index contributed by atoms with van der Waals surface area (Å²) >= 11 is 0. The molecule has 3 rings (SSSR count). The van der Waals surface area contributed by atoms with Gasteiger partial charge in [0.05, 0.1) is 10.3 Å². The molecule has 1 aliphatic carbocycles. The fraction of sp³-hybridized carbons (Fsp3) is 0.467. The molecule has 0 bridgehead atoms. The van der Waals surface area contributed by atoms with Gasteiger partial charge in [-0.25, -0.2) is 0 Å². The zero-order valence-corrected chi connectivity index (χ0v) is 12.4. The maximum atomic E-state index is 11.7. The summed E-state index contributed by atoms with van der Waals surface area (Å²) in [6.07, 6.45) is 2.39. The smallest absolute Gasteiger partial charge is 0.311 e. The molecule has 1 saturated carbocycles. The summed E-state index contributed by atoms with van der Waals surface area (Å²) in [6.45, 7) is 0.906. The van der Waals surface area contributed by atoms with Crippen molar-refractivity contribution in [2.75, 3.05) is 23.7 Å². The van der Waals surface area contributed by atoms with E-state index in [1.165, 1.54) is 12.1 Å². The first-order valence-corrected chi connectivity index (χ1v) is 7.35. The molecule has 1 aromatic rings. The van der Waals surface area contributed by atoms with Crippen LogP contribution in [0.4, 0.5) is 17.1 Å². The van der Waals surface area contributed by atoms with E-state index >= 15 is 0 Å². The van der Waals surface area contributed by atoms with Gasteiger partial charge in [-0.15, -0.1) is 0 Å². The summed E-state index contributed by atoms with van der Waals surface area (Å²) in [5.41, 5.74) is 4.96. The largest absolute Gasteiger partial charge is 0.481 e. The van der Waals surface area contributed by atoms with Crippen LogP contribution in [0, 0.1) is 32.8 Å². The minimum atomic E-state index is -0.794. The minimum Gasteiger partial charge on any atom is -0.481 e. The number of nitriles is 1. The summed E-state index contributed by atoms with van der Waals surface area (Å²) in [5.74, 6) is -0.736.